The lowest BCUT2D eigenvalue weighted by Gasteiger charge is -2.18. The van der Waals surface area contributed by atoms with Gasteiger partial charge in [0.25, 0.3) is 0 Å². The Labute approximate surface area is 176 Å². The number of sulfonamides is 1. The molecule has 1 fully saturated rings. The maximum atomic E-state index is 12.8. The first-order valence-electron chi connectivity index (χ1n) is 10.3. The summed E-state index contributed by atoms with van der Waals surface area (Å²) in [5.41, 5.74) is 2.06. The average Bonchev–Trinajstić information content (AvgIpc) is 3.43. The van der Waals surface area contributed by atoms with E-state index in [9.17, 15) is 13.2 Å². The van der Waals surface area contributed by atoms with E-state index >= 15 is 0 Å². The van der Waals surface area contributed by atoms with E-state index in [1.54, 1.807) is 29.7 Å². The Morgan fingerprint density at radius 3 is 2.76 bits per heavy atom. The van der Waals surface area contributed by atoms with Crippen LogP contribution >= 0.6 is 11.3 Å². The summed E-state index contributed by atoms with van der Waals surface area (Å²) in [6.45, 7) is 2.30. The average molecular weight is 434 g/mol. The molecular weight excluding hydrogens is 406 g/mol. The summed E-state index contributed by atoms with van der Waals surface area (Å²) in [6, 6.07) is 5.19. The van der Waals surface area contributed by atoms with Gasteiger partial charge in [-0.25, -0.2) is 18.1 Å². The number of benzene rings is 1. The van der Waals surface area contributed by atoms with E-state index in [4.69, 9.17) is 0 Å². The largest absolute Gasteiger partial charge is 0.349 e. The van der Waals surface area contributed by atoms with Gasteiger partial charge in [-0.2, -0.15) is 0 Å². The highest BCUT2D eigenvalue weighted by atomic mass is 32.2. The number of fused-ring (bicyclic) bond motifs is 1. The summed E-state index contributed by atoms with van der Waals surface area (Å²) in [5, 5.41) is 4.09. The number of amides is 1. The van der Waals surface area contributed by atoms with Crippen LogP contribution in [0.25, 0.3) is 0 Å². The Bertz CT molecular complexity index is 994. The topological polar surface area (TPSA) is 88.2 Å². The van der Waals surface area contributed by atoms with Gasteiger partial charge in [-0.3, -0.25) is 4.79 Å². The van der Waals surface area contributed by atoms with Gasteiger partial charge in [-0.1, -0.05) is 18.9 Å². The number of rotatable bonds is 7. The van der Waals surface area contributed by atoms with Crippen LogP contribution in [0.4, 0.5) is 0 Å². The number of thiazole rings is 1. The molecular formula is C21H27N3O3S2. The summed E-state index contributed by atoms with van der Waals surface area (Å²) < 4.78 is 28.2. The van der Waals surface area contributed by atoms with Gasteiger partial charge < -0.3 is 5.32 Å². The lowest BCUT2D eigenvalue weighted by molar-refractivity contribution is -0.125. The minimum absolute atomic E-state index is 0.0912. The van der Waals surface area contributed by atoms with E-state index < -0.39 is 10.0 Å². The Balaban J connectivity index is 1.42. The minimum Gasteiger partial charge on any atom is -0.349 e. The van der Waals surface area contributed by atoms with Gasteiger partial charge >= 0.3 is 0 Å². The molecule has 1 heterocycles. The smallest absolute Gasteiger partial charge is 0.240 e. The first-order chi connectivity index (χ1) is 13.9. The summed E-state index contributed by atoms with van der Waals surface area (Å²) in [7, 11) is -3.60. The van der Waals surface area contributed by atoms with Crippen molar-refractivity contribution >= 4 is 27.3 Å². The quantitative estimate of drug-likeness (QED) is 0.701. The number of nitrogens with zero attached hydrogens (tertiary/aromatic N) is 1. The number of hydrogen-bond acceptors (Lipinski definition) is 5. The molecule has 2 aliphatic rings. The number of hydrogen-bond donors (Lipinski definition) is 2. The molecule has 8 heteroatoms. The zero-order valence-electron chi connectivity index (χ0n) is 16.6. The molecule has 1 atom stereocenters. The molecule has 2 N–H and O–H groups in total. The van der Waals surface area contributed by atoms with Crippen molar-refractivity contribution in [3.63, 3.8) is 0 Å². The zero-order chi connectivity index (χ0) is 20.4. The van der Waals surface area contributed by atoms with Crippen LogP contribution in [-0.4, -0.2) is 25.9 Å². The van der Waals surface area contributed by atoms with Gasteiger partial charge in [0.05, 0.1) is 15.9 Å². The van der Waals surface area contributed by atoms with Gasteiger partial charge in [0.15, 0.2) is 0 Å². The fraction of sp³-hybridized carbons (Fsp3) is 0.524. The van der Waals surface area contributed by atoms with Crippen LogP contribution < -0.4 is 10.0 Å². The molecule has 4 rings (SSSR count). The van der Waals surface area contributed by atoms with Crippen LogP contribution in [0.3, 0.4) is 0 Å². The molecule has 2 aliphatic carbocycles. The molecule has 1 amide bonds. The Morgan fingerprint density at radius 1 is 1.24 bits per heavy atom. The number of aryl methyl sites for hydroxylation is 2. The van der Waals surface area contributed by atoms with Crippen molar-refractivity contribution in [2.24, 2.45) is 5.92 Å². The molecule has 0 bridgehead atoms. The van der Waals surface area contributed by atoms with Crippen LogP contribution in [-0.2, 0) is 27.7 Å². The predicted octanol–water partition coefficient (Wildman–Crippen LogP) is 3.27. The molecule has 29 heavy (non-hydrogen) atoms. The highest BCUT2D eigenvalue weighted by Gasteiger charge is 2.29. The van der Waals surface area contributed by atoms with Crippen LogP contribution in [0.2, 0.25) is 0 Å². The standard InChI is InChI=1S/C21H27N3O3S2/c1-14-13-22-20(28-14)10-11-23-29(26,27)17-8-6-15-7-9-19(18(15)12-17)24-21(25)16-4-2-3-5-16/h6,8,12-13,16,19,23H,2-5,7,9-11H2,1H3,(H,24,25)/t19-/m1/s1. The molecule has 1 aromatic carbocycles. The Hall–Kier alpha value is -1.77. The molecule has 1 saturated carbocycles. The van der Waals surface area contributed by atoms with Crippen LogP contribution in [0.5, 0.6) is 0 Å². The van der Waals surface area contributed by atoms with E-state index in [0.29, 0.717) is 13.0 Å². The highest BCUT2D eigenvalue weighted by molar-refractivity contribution is 7.89. The second-order valence-electron chi connectivity index (χ2n) is 7.95. The van der Waals surface area contributed by atoms with Crippen molar-refractivity contribution in [2.45, 2.75) is 62.8 Å². The maximum Gasteiger partial charge on any atom is 0.240 e. The number of nitrogens with one attached hydrogen (secondary N) is 2. The summed E-state index contributed by atoms with van der Waals surface area (Å²) in [5.74, 6) is 0.229. The van der Waals surface area contributed by atoms with Gasteiger partial charge in [-0.05, 0) is 55.9 Å². The normalized spacial score (nSPS) is 19.4. The van der Waals surface area contributed by atoms with E-state index in [2.05, 4.69) is 15.0 Å². The molecule has 1 aromatic heterocycles. The fourth-order valence-corrected chi connectivity index (χ4v) is 6.12. The van der Waals surface area contributed by atoms with E-state index in [1.807, 2.05) is 13.0 Å². The monoisotopic (exact) mass is 433 g/mol. The number of carbonyl (C=O) groups excluding carboxylic acids is 1. The fourth-order valence-electron chi connectivity index (χ4n) is 4.27. The third kappa shape index (κ3) is 4.70. The van der Waals surface area contributed by atoms with E-state index in [1.165, 1.54) is 0 Å². The molecule has 2 aromatic rings. The van der Waals surface area contributed by atoms with Crippen LogP contribution in [0.1, 0.15) is 59.2 Å². The number of aromatic nitrogens is 1. The van der Waals surface area contributed by atoms with Gasteiger partial charge in [-0.15, -0.1) is 11.3 Å². The molecule has 0 radical (unpaired) electrons. The van der Waals surface area contributed by atoms with Crippen molar-refractivity contribution in [3.05, 3.63) is 45.4 Å². The molecule has 156 valence electrons. The highest BCUT2D eigenvalue weighted by Crippen LogP contribution is 2.34. The minimum atomic E-state index is -3.60. The van der Waals surface area contributed by atoms with Gasteiger partial charge in [0.1, 0.15) is 0 Å². The lowest BCUT2D eigenvalue weighted by atomic mass is 10.0. The van der Waals surface area contributed by atoms with Crippen molar-refractivity contribution in [1.82, 2.24) is 15.0 Å². The zero-order valence-corrected chi connectivity index (χ0v) is 18.2. The third-order valence-electron chi connectivity index (χ3n) is 5.85. The van der Waals surface area contributed by atoms with Crippen LogP contribution in [0, 0.1) is 12.8 Å². The van der Waals surface area contributed by atoms with Gasteiger partial charge in [0, 0.05) is 30.0 Å². The molecule has 0 unspecified atom stereocenters. The molecule has 0 saturated heterocycles. The molecule has 0 spiro atoms. The SMILES string of the molecule is Cc1cnc(CCNS(=O)(=O)c2ccc3c(c2)[C@H](NC(=O)C2CCCC2)CC3)s1. The van der Waals surface area contributed by atoms with Crippen molar-refractivity contribution in [3.8, 4) is 0 Å². The molecule has 0 aliphatic heterocycles. The first-order valence-corrected chi connectivity index (χ1v) is 12.6. The van der Waals surface area contributed by atoms with Gasteiger partial charge in [0.2, 0.25) is 15.9 Å². The lowest BCUT2D eigenvalue weighted by Crippen LogP contribution is -2.32. The second kappa shape index (κ2) is 8.53. The Morgan fingerprint density at radius 2 is 2.03 bits per heavy atom. The number of carbonyl (C=O) groups is 1. The van der Waals surface area contributed by atoms with E-state index in [-0.39, 0.29) is 22.8 Å². The van der Waals surface area contributed by atoms with Crippen molar-refractivity contribution in [1.29, 1.82) is 0 Å². The van der Waals surface area contributed by atoms with Crippen LogP contribution in [0.15, 0.2) is 29.3 Å². The third-order valence-corrected chi connectivity index (χ3v) is 8.28. The summed E-state index contributed by atoms with van der Waals surface area (Å²) >= 11 is 1.58. The second-order valence-corrected chi connectivity index (χ2v) is 11.0. The summed E-state index contributed by atoms with van der Waals surface area (Å²) in [4.78, 5) is 18.2. The Kier molecular flexibility index (Phi) is 6.03. The van der Waals surface area contributed by atoms with Crippen molar-refractivity contribution < 1.29 is 13.2 Å². The predicted molar refractivity (Wildman–Crippen MR) is 113 cm³/mol. The maximum absolute atomic E-state index is 12.8. The van der Waals surface area contributed by atoms with E-state index in [0.717, 1.165) is 59.5 Å². The van der Waals surface area contributed by atoms with Crippen molar-refractivity contribution in [2.75, 3.05) is 6.54 Å². The first kappa shape index (κ1) is 20.5. The summed E-state index contributed by atoms with van der Waals surface area (Å²) in [6.07, 6.45) is 8.22. The molecule has 6 nitrogen and oxygen atoms in total.